The number of amides is 1. The van der Waals surface area contributed by atoms with Crippen LogP contribution >= 0.6 is 0 Å². The fraction of sp³-hybridized carbons (Fsp3) is 0.357. The van der Waals surface area contributed by atoms with E-state index in [1.807, 2.05) is 19.1 Å². The number of carbonyl (C=O) groups excluding carboxylic acids is 1. The predicted octanol–water partition coefficient (Wildman–Crippen LogP) is 1.25. The minimum atomic E-state index is -0.979. The Bertz CT molecular complexity index is 448. The summed E-state index contributed by atoms with van der Waals surface area (Å²) in [5, 5.41) is 19.1. The standard InChI is InChI=1S/C14H17NO3/c1-3-14(8-16,9-17)15-10(2)11-6-4-5-7-12(11)13(15)18/h4-7,16-17H,2-3,8-9H2,1H3. The lowest BCUT2D eigenvalue weighted by Gasteiger charge is -2.38. The average molecular weight is 247 g/mol. The van der Waals surface area contributed by atoms with Gasteiger partial charge in [0.25, 0.3) is 5.91 Å². The molecule has 2 N–H and O–H groups in total. The largest absolute Gasteiger partial charge is 0.394 e. The van der Waals surface area contributed by atoms with Crippen LogP contribution < -0.4 is 0 Å². The van der Waals surface area contributed by atoms with E-state index in [1.54, 1.807) is 12.1 Å². The van der Waals surface area contributed by atoms with Gasteiger partial charge in [0.05, 0.1) is 18.8 Å². The lowest BCUT2D eigenvalue weighted by Crippen LogP contribution is -2.53. The van der Waals surface area contributed by atoms with Crippen LogP contribution in [0.3, 0.4) is 0 Å². The van der Waals surface area contributed by atoms with E-state index in [2.05, 4.69) is 6.58 Å². The normalized spacial score (nSPS) is 15.2. The van der Waals surface area contributed by atoms with Crippen molar-refractivity contribution in [1.82, 2.24) is 4.90 Å². The zero-order valence-electron chi connectivity index (χ0n) is 10.4. The van der Waals surface area contributed by atoms with Gasteiger partial charge in [0.1, 0.15) is 0 Å². The molecule has 2 rings (SSSR count). The van der Waals surface area contributed by atoms with Crippen LogP contribution in [0.2, 0.25) is 0 Å². The number of rotatable bonds is 4. The molecule has 1 aliphatic heterocycles. The third-order valence-electron chi connectivity index (χ3n) is 3.66. The molecule has 0 aromatic heterocycles. The second-order valence-corrected chi connectivity index (χ2v) is 4.53. The third kappa shape index (κ3) is 1.57. The van der Waals surface area contributed by atoms with Gasteiger partial charge in [0.15, 0.2) is 0 Å². The van der Waals surface area contributed by atoms with Crippen LogP contribution in [0.25, 0.3) is 5.70 Å². The summed E-state index contributed by atoms with van der Waals surface area (Å²) in [7, 11) is 0. The molecule has 18 heavy (non-hydrogen) atoms. The summed E-state index contributed by atoms with van der Waals surface area (Å²) in [5.41, 5.74) is 0.901. The van der Waals surface area contributed by atoms with E-state index in [0.29, 0.717) is 17.7 Å². The van der Waals surface area contributed by atoms with Crippen LogP contribution in [-0.4, -0.2) is 39.8 Å². The van der Waals surface area contributed by atoms with Crippen molar-refractivity contribution in [2.45, 2.75) is 18.9 Å². The molecule has 0 atom stereocenters. The van der Waals surface area contributed by atoms with Gasteiger partial charge in [-0.05, 0) is 12.5 Å². The van der Waals surface area contributed by atoms with Crippen LogP contribution in [0.4, 0.5) is 0 Å². The number of carbonyl (C=O) groups is 1. The smallest absolute Gasteiger partial charge is 0.259 e. The summed E-state index contributed by atoms with van der Waals surface area (Å²) >= 11 is 0. The Hall–Kier alpha value is -1.65. The molecular formula is C14H17NO3. The van der Waals surface area contributed by atoms with Crippen LogP contribution in [0.15, 0.2) is 30.8 Å². The Morgan fingerprint density at radius 3 is 2.22 bits per heavy atom. The molecule has 1 aromatic rings. The molecule has 0 saturated carbocycles. The molecule has 0 fully saturated rings. The zero-order chi connectivity index (χ0) is 13.3. The van der Waals surface area contributed by atoms with E-state index < -0.39 is 5.54 Å². The molecule has 0 bridgehead atoms. The number of hydrogen-bond donors (Lipinski definition) is 2. The molecule has 0 aliphatic carbocycles. The van der Waals surface area contributed by atoms with Gasteiger partial charge >= 0.3 is 0 Å². The lowest BCUT2D eigenvalue weighted by atomic mass is 9.95. The molecule has 1 aliphatic rings. The van der Waals surface area contributed by atoms with Gasteiger partial charge in [-0.2, -0.15) is 0 Å². The van der Waals surface area contributed by atoms with E-state index in [-0.39, 0.29) is 19.1 Å². The van der Waals surface area contributed by atoms with E-state index in [9.17, 15) is 15.0 Å². The average Bonchev–Trinajstić information content (AvgIpc) is 2.67. The molecule has 0 saturated heterocycles. The minimum Gasteiger partial charge on any atom is -0.394 e. The molecule has 4 nitrogen and oxygen atoms in total. The van der Waals surface area contributed by atoms with Gasteiger partial charge in [-0.15, -0.1) is 0 Å². The number of nitrogens with zero attached hydrogens (tertiary/aromatic N) is 1. The molecule has 0 radical (unpaired) electrons. The number of aliphatic hydroxyl groups excluding tert-OH is 2. The first-order valence-corrected chi connectivity index (χ1v) is 5.96. The highest BCUT2D eigenvalue weighted by Crippen LogP contribution is 2.37. The number of hydrogen-bond acceptors (Lipinski definition) is 3. The highest BCUT2D eigenvalue weighted by atomic mass is 16.3. The van der Waals surface area contributed by atoms with E-state index in [4.69, 9.17) is 0 Å². The van der Waals surface area contributed by atoms with Gasteiger partial charge < -0.3 is 10.2 Å². The fourth-order valence-corrected chi connectivity index (χ4v) is 2.36. The number of aliphatic hydroxyl groups is 2. The van der Waals surface area contributed by atoms with Crippen molar-refractivity contribution >= 4 is 11.6 Å². The van der Waals surface area contributed by atoms with Gasteiger partial charge in [-0.1, -0.05) is 31.7 Å². The molecule has 0 spiro atoms. The SMILES string of the molecule is C=C1c2ccccc2C(=O)N1C(CC)(CO)CO. The Morgan fingerprint density at radius 1 is 1.22 bits per heavy atom. The maximum absolute atomic E-state index is 12.4. The first-order valence-electron chi connectivity index (χ1n) is 5.96. The summed E-state index contributed by atoms with van der Waals surface area (Å²) in [5.74, 6) is -0.208. The molecular weight excluding hydrogens is 230 g/mol. The van der Waals surface area contributed by atoms with Crippen molar-refractivity contribution in [2.75, 3.05) is 13.2 Å². The van der Waals surface area contributed by atoms with E-state index >= 15 is 0 Å². The van der Waals surface area contributed by atoms with Crippen molar-refractivity contribution in [3.05, 3.63) is 42.0 Å². The van der Waals surface area contributed by atoms with E-state index in [1.165, 1.54) is 4.90 Å². The molecule has 1 amide bonds. The highest BCUT2D eigenvalue weighted by Gasteiger charge is 2.44. The molecule has 0 unspecified atom stereocenters. The summed E-state index contributed by atoms with van der Waals surface area (Å²) < 4.78 is 0. The molecule has 4 heteroatoms. The van der Waals surface area contributed by atoms with Crippen molar-refractivity contribution in [2.24, 2.45) is 0 Å². The Kier molecular flexibility index (Phi) is 3.24. The highest BCUT2D eigenvalue weighted by molar-refractivity contribution is 6.09. The fourth-order valence-electron chi connectivity index (χ4n) is 2.36. The van der Waals surface area contributed by atoms with Crippen LogP contribution in [0, 0.1) is 0 Å². The van der Waals surface area contributed by atoms with Crippen LogP contribution in [0.5, 0.6) is 0 Å². The lowest BCUT2D eigenvalue weighted by molar-refractivity contribution is 0.0194. The Balaban J connectivity index is 2.51. The third-order valence-corrected chi connectivity index (χ3v) is 3.66. The quantitative estimate of drug-likeness (QED) is 0.841. The molecule has 1 heterocycles. The summed E-state index contributed by atoms with van der Waals surface area (Å²) in [4.78, 5) is 13.8. The summed E-state index contributed by atoms with van der Waals surface area (Å²) in [6.45, 7) is 5.16. The van der Waals surface area contributed by atoms with Gasteiger partial charge in [-0.3, -0.25) is 9.69 Å². The Morgan fingerprint density at radius 2 is 1.78 bits per heavy atom. The monoisotopic (exact) mass is 247 g/mol. The maximum atomic E-state index is 12.4. The van der Waals surface area contributed by atoms with Crippen molar-refractivity contribution in [3.63, 3.8) is 0 Å². The first-order chi connectivity index (χ1) is 8.61. The first kappa shape index (κ1) is 12.8. The molecule has 96 valence electrons. The summed E-state index contributed by atoms with van der Waals surface area (Å²) in [6.07, 6.45) is 0.457. The van der Waals surface area contributed by atoms with Gasteiger partial charge in [0, 0.05) is 16.8 Å². The zero-order valence-corrected chi connectivity index (χ0v) is 10.4. The second kappa shape index (κ2) is 4.55. The minimum absolute atomic E-state index is 0.208. The second-order valence-electron chi connectivity index (χ2n) is 4.53. The molecule has 1 aromatic carbocycles. The Labute approximate surface area is 106 Å². The number of fused-ring (bicyclic) bond motifs is 1. The van der Waals surface area contributed by atoms with Crippen LogP contribution in [0.1, 0.15) is 29.3 Å². The van der Waals surface area contributed by atoms with Gasteiger partial charge in [0.2, 0.25) is 0 Å². The maximum Gasteiger partial charge on any atom is 0.259 e. The van der Waals surface area contributed by atoms with Crippen LogP contribution in [-0.2, 0) is 0 Å². The topological polar surface area (TPSA) is 60.8 Å². The van der Waals surface area contributed by atoms with Crippen molar-refractivity contribution in [1.29, 1.82) is 0 Å². The van der Waals surface area contributed by atoms with Crippen molar-refractivity contribution in [3.8, 4) is 0 Å². The number of benzene rings is 1. The summed E-state index contributed by atoms with van der Waals surface area (Å²) in [6, 6.07) is 7.19. The van der Waals surface area contributed by atoms with E-state index in [0.717, 1.165) is 5.56 Å². The van der Waals surface area contributed by atoms with Gasteiger partial charge in [-0.25, -0.2) is 0 Å². The predicted molar refractivity (Wildman–Crippen MR) is 68.8 cm³/mol. The van der Waals surface area contributed by atoms with Crippen molar-refractivity contribution < 1.29 is 15.0 Å².